The van der Waals surface area contributed by atoms with E-state index in [1.807, 2.05) is 0 Å². The predicted molar refractivity (Wildman–Crippen MR) is 93.7 cm³/mol. The molecule has 0 aliphatic carbocycles. The lowest BCUT2D eigenvalue weighted by Gasteiger charge is -2.43. The molecule has 2 nitrogen and oxygen atoms in total. The zero-order valence-electron chi connectivity index (χ0n) is 14.8. The van der Waals surface area contributed by atoms with Gasteiger partial charge in [0.05, 0.1) is 0 Å². The van der Waals surface area contributed by atoms with E-state index in [0.717, 1.165) is 16.4 Å². The van der Waals surface area contributed by atoms with Crippen molar-refractivity contribution in [3.63, 3.8) is 0 Å². The Kier molecular flexibility index (Phi) is 7.37. The van der Waals surface area contributed by atoms with Gasteiger partial charge in [0.25, 0.3) is 0 Å². The highest BCUT2D eigenvalue weighted by Gasteiger charge is 2.26. The van der Waals surface area contributed by atoms with E-state index < -0.39 is 0 Å². The normalized spacial score (nSPS) is 22.2. The molecule has 0 radical (unpaired) electrons. The molecule has 0 N–H and O–H groups in total. The Bertz CT molecular complexity index is 265. The first-order chi connectivity index (χ1) is 9.18. The molecule has 2 unspecified atom stereocenters. The van der Waals surface area contributed by atoms with Gasteiger partial charge in [-0.05, 0) is 38.4 Å². The summed E-state index contributed by atoms with van der Waals surface area (Å²) in [6.07, 6.45) is 1.35. The van der Waals surface area contributed by atoms with Gasteiger partial charge in [-0.3, -0.25) is 4.90 Å². The minimum absolute atomic E-state index is 0.333. The second kappa shape index (κ2) is 8.05. The number of rotatable bonds is 6. The molecule has 0 saturated carbocycles. The fraction of sp³-hybridized carbons (Fsp3) is 1.00. The molecule has 120 valence electrons. The molecule has 0 spiro atoms. The molecule has 0 aromatic rings. The average Bonchev–Trinajstić information content (AvgIpc) is 2.26. The van der Waals surface area contributed by atoms with Gasteiger partial charge in [0, 0.05) is 43.5 Å². The Morgan fingerprint density at radius 3 is 1.95 bits per heavy atom. The van der Waals surface area contributed by atoms with E-state index >= 15 is 0 Å². The standard InChI is InChI=1S/C17H36N2S/c1-14(2)20-16(4)12-15(3)13-18-8-10-19(11-9-18)17(5,6)7/h14-16H,8-13H2,1-7H3. The molecule has 1 heterocycles. The third-order valence-electron chi connectivity index (χ3n) is 4.13. The van der Waals surface area contributed by atoms with Crippen LogP contribution in [0.1, 0.15) is 54.9 Å². The molecule has 1 saturated heterocycles. The molecule has 1 fully saturated rings. The molecule has 2 atom stereocenters. The third-order valence-corrected chi connectivity index (χ3v) is 5.33. The summed E-state index contributed by atoms with van der Waals surface area (Å²) in [4.78, 5) is 5.28. The van der Waals surface area contributed by atoms with Crippen LogP contribution in [0.3, 0.4) is 0 Å². The fourth-order valence-electron chi connectivity index (χ4n) is 3.20. The van der Waals surface area contributed by atoms with Gasteiger partial charge in [-0.1, -0.05) is 27.7 Å². The summed E-state index contributed by atoms with van der Waals surface area (Å²) >= 11 is 2.12. The fourth-order valence-corrected chi connectivity index (χ4v) is 4.57. The van der Waals surface area contributed by atoms with Crippen LogP contribution in [0, 0.1) is 5.92 Å². The molecule has 0 aromatic carbocycles. The zero-order chi connectivity index (χ0) is 15.3. The number of piperazine rings is 1. The highest BCUT2D eigenvalue weighted by molar-refractivity contribution is 8.00. The highest BCUT2D eigenvalue weighted by atomic mass is 32.2. The number of nitrogens with zero attached hydrogens (tertiary/aromatic N) is 2. The first-order valence-electron chi connectivity index (χ1n) is 8.31. The second-order valence-electron chi connectivity index (χ2n) is 7.79. The van der Waals surface area contributed by atoms with Crippen molar-refractivity contribution in [1.82, 2.24) is 9.80 Å². The minimum Gasteiger partial charge on any atom is -0.301 e. The van der Waals surface area contributed by atoms with Crippen molar-refractivity contribution in [1.29, 1.82) is 0 Å². The van der Waals surface area contributed by atoms with E-state index in [-0.39, 0.29) is 0 Å². The van der Waals surface area contributed by atoms with Crippen molar-refractivity contribution in [3.05, 3.63) is 0 Å². The Balaban J connectivity index is 2.26. The Hall–Kier alpha value is 0.270. The van der Waals surface area contributed by atoms with Crippen LogP contribution in [-0.4, -0.2) is 58.6 Å². The van der Waals surface area contributed by atoms with Crippen molar-refractivity contribution < 1.29 is 0 Å². The molecular formula is C17H36N2S. The molecule has 20 heavy (non-hydrogen) atoms. The van der Waals surface area contributed by atoms with Gasteiger partial charge >= 0.3 is 0 Å². The molecule has 0 aromatic heterocycles. The number of hydrogen-bond acceptors (Lipinski definition) is 3. The monoisotopic (exact) mass is 300 g/mol. The number of thioether (sulfide) groups is 1. The first-order valence-corrected chi connectivity index (χ1v) is 9.25. The van der Waals surface area contributed by atoms with Gasteiger partial charge in [-0.25, -0.2) is 0 Å². The van der Waals surface area contributed by atoms with Crippen molar-refractivity contribution in [2.75, 3.05) is 32.7 Å². The molecular weight excluding hydrogens is 264 g/mol. The predicted octanol–water partition coefficient (Wildman–Crippen LogP) is 3.96. The van der Waals surface area contributed by atoms with Crippen LogP contribution in [0.5, 0.6) is 0 Å². The maximum Gasteiger partial charge on any atom is 0.0126 e. The quantitative estimate of drug-likeness (QED) is 0.733. The second-order valence-corrected chi connectivity index (χ2v) is 9.81. The zero-order valence-corrected chi connectivity index (χ0v) is 15.6. The number of hydrogen-bond donors (Lipinski definition) is 0. The van der Waals surface area contributed by atoms with E-state index in [2.05, 4.69) is 70.0 Å². The van der Waals surface area contributed by atoms with Crippen LogP contribution in [0.2, 0.25) is 0 Å². The summed E-state index contributed by atoms with van der Waals surface area (Å²) in [7, 11) is 0. The molecule has 0 amide bonds. The Morgan fingerprint density at radius 1 is 0.950 bits per heavy atom. The van der Waals surface area contributed by atoms with Gasteiger partial charge in [-0.2, -0.15) is 11.8 Å². The van der Waals surface area contributed by atoms with Crippen LogP contribution in [-0.2, 0) is 0 Å². The lowest BCUT2D eigenvalue weighted by atomic mass is 10.0. The largest absolute Gasteiger partial charge is 0.301 e. The maximum atomic E-state index is 2.67. The molecule has 1 aliphatic rings. The smallest absolute Gasteiger partial charge is 0.0126 e. The topological polar surface area (TPSA) is 6.48 Å². The van der Waals surface area contributed by atoms with Gasteiger partial charge in [0.1, 0.15) is 0 Å². The average molecular weight is 301 g/mol. The van der Waals surface area contributed by atoms with Crippen LogP contribution in [0.4, 0.5) is 0 Å². The first kappa shape index (κ1) is 18.3. The van der Waals surface area contributed by atoms with Crippen molar-refractivity contribution in [3.8, 4) is 0 Å². The molecule has 1 aliphatic heterocycles. The van der Waals surface area contributed by atoms with Gasteiger partial charge < -0.3 is 4.90 Å². The molecule has 0 bridgehead atoms. The van der Waals surface area contributed by atoms with E-state index in [4.69, 9.17) is 0 Å². The summed E-state index contributed by atoms with van der Waals surface area (Å²) in [5.41, 5.74) is 0.333. The molecule has 1 rings (SSSR count). The SMILES string of the molecule is CC(CC(C)SC(C)C)CN1CCN(C(C)(C)C)CC1. The van der Waals surface area contributed by atoms with Gasteiger partial charge in [-0.15, -0.1) is 0 Å². The van der Waals surface area contributed by atoms with E-state index in [9.17, 15) is 0 Å². The lowest BCUT2D eigenvalue weighted by Crippen LogP contribution is -2.54. The Labute approximate surface area is 131 Å². The maximum absolute atomic E-state index is 2.67. The minimum atomic E-state index is 0.333. The summed E-state index contributed by atoms with van der Waals surface area (Å²) in [6.45, 7) is 22.6. The van der Waals surface area contributed by atoms with E-state index in [1.54, 1.807) is 0 Å². The third kappa shape index (κ3) is 6.82. The summed E-state index contributed by atoms with van der Waals surface area (Å²) in [5, 5.41) is 1.55. The Morgan fingerprint density at radius 2 is 1.50 bits per heavy atom. The lowest BCUT2D eigenvalue weighted by molar-refractivity contribution is 0.0559. The van der Waals surface area contributed by atoms with Crippen molar-refractivity contribution in [2.45, 2.75) is 70.9 Å². The van der Waals surface area contributed by atoms with E-state index in [1.165, 1.54) is 39.1 Å². The van der Waals surface area contributed by atoms with Crippen molar-refractivity contribution >= 4 is 11.8 Å². The van der Waals surface area contributed by atoms with Crippen LogP contribution < -0.4 is 0 Å². The summed E-state index contributed by atoms with van der Waals surface area (Å²) in [5.74, 6) is 0.817. The summed E-state index contributed by atoms with van der Waals surface area (Å²) < 4.78 is 0. The summed E-state index contributed by atoms with van der Waals surface area (Å²) in [6, 6.07) is 0. The molecule has 3 heteroatoms. The van der Waals surface area contributed by atoms with Crippen molar-refractivity contribution in [2.24, 2.45) is 5.92 Å². The van der Waals surface area contributed by atoms with E-state index in [0.29, 0.717) is 5.54 Å². The highest BCUT2D eigenvalue weighted by Crippen LogP contribution is 2.24. The van der Waals surface area contributed by atoms with Crippen LogP contribution in [0.25, 0.3) is 0 Å². The van der Waals surface area contributed by atoms with Crippen LogP contribution >= 0.6 is 11.8 Å². The van der Waals surface area contributed by atoms with Crippen LogP contribution in [0.15, 0.2) is 0 Å². The van der Waals surface area contributed by atoms with Gasteiger partial charge in [0.2, 0.25) is 0 Å². The van der Waals surface area contributed by atoms with Gasteiger partial charge in [0.15, 0.2) is 0 Å².